The van der Waals surface area contributed by atoms with Gasteiger partial charge in [-0.2, -0.15) is 0 Å². The van der Waals surface area contributed by atoms with Crippen molar-refractivity contribution < 1.29 is 9.90 Å². The van der Waals surface area contributed by atoms with Crippen LogP contribution in [0.2, 0.25) is 0 Å². The molecule has 1 aliphatic rings. The van der Waals surface area contributed by atoms with E-state index in [0.717, 1.165) is 24.1 Å². The molecule has 3 heteroatoms. The van der Waals surface area contributed by atoms with Crippen LogP contribution in [0.25, 0.3) is 0 Å². The quantitative estimate of drug-likeness (QED) is 0.793. The Morgan fingerprint density at radius 3 is 2.53 bits per heavy atom. The largest absolute Gasteiger partial charge is 0.478 e. The Morgan fingerprint density at radius 1 is 1.47 bits per heavy atom. The normalized spacial score (nSPS) is 23.5. The number of carboxylic acids is 1. The molecule has 1 saturated carbocycles. The maximum Gasteiger partial charge on any atom is 0.335 e. The molecule has 0 bridgehead atoms. The van der Waals surface area contributed by atoms with E-state index in [0.29, 0.717) is 5.56 Å². The summed E-state index contributed by atoms with van der Waals surface area (Å²) in [6.45, 7) is 3.24. The molecule has 2 rings (SSSR count). The standard InChI is InChI=1S/C12H15NO2/c1-8-6-10(8)7-13-11-4-2-9(3-5-11)12(14)15/h2-5,8,10,13H,6-7H2,1H3,(H,14,15). The fourth-order valence-corrected chi connectivity index (χ4v) is 1.66. The van der Waals surface area contributed by atoms with E-state index in [2.05, 4.69) is 12.2 Å². The van der Waals surface area contributed by atoms with Gasteiger partial charge in [0.05, 0.1) is 5.56 Å². The third kappa shape index (κ3) is 2.49. The van der Waals surface area contributed by atoms with Crippen molar-refractivity contribution in [1.29, 1.82) is 0 Å². The number of benzene rings is 1. The van der Waals surface area contributed by atoms with Crippen LogP contribution in [0.1, 0.15) is 23.7 Å². The van der Waals surface area contributed by atoms with E-state index >= 15 is 0 Å². The Balaban J connectivity index is 1.89. The van der Waals surface area contributed by atoms with Crippen LogP contribution in [-0.2, 0) is 0 Å². The Morgan fingerprint density at radius 2 is 2.07 bits per heavy atom. The van der Waals surface area contributed by atoms with Crippen LogP contribution in [-0.4, -0.2) is 17.6 Å². The number of hydrogen-bond donors (Lipinski definition) is 2. The first-order valence-electron chi connectivity index (χ1n) is 5.24. The Kier molecular flexibility index (Phi) is 2.62. The lowest BCUT2D eigenvalue weighted by molar-refractivity contribution is 0.0697. The van der Waals surface area contributed by atoms with Gasteiger partial charge in [-0.3, -0.25) is 0 Å². The summed E-state index contributed by atoms with van der Waals surface area (Å²) < 4.78 is 0. The van der Waals surface area contributed by atoms with Crippen molar-refractivity contribution in [2.24, 2.45) is 11.8 Å². The molecule has 0 spiro atoms. The van der Waals surface area contributed by atoms with Crippen molar-refractivity contribution in [3.05, 3.63) is 29.8 Å². The van der Waals surface area contributed by atoms with E-state index in [1.807, 2.05) is 12.1 Å². The molecule has 1 aliphatic carbocycles. The molecule has 0 radical (unpaired) electrons. The molecule has 0 aliphatic heterocycles. The molecule has 1 aromatic carbocycles. The number of carbonyl (C=O) groups is 1. The van der Waals surface area contributed by atoms with Gasteiger partial charge in [-0.1, -0.05) is 6.92 Å². The van der Waals surface area contributed by atoms with Gasteiger partial charge in [0.15, 0.2) is 0 Å². The van der Waals surface area contributed by atoms with Crippen molar-refractivity contribution in [2.75, 3.05) is 11.9 Å². The van der Waals surface area contributed by atoms with Crippen LogP contribution in [0.5, 0.6) is 0 Å². The van der Waals surface area contributed by atoms with Gasteiger partial charge >= 0.3 is 5.97 Å². The van der Waals surface area contributed by atoms with Crippen molar-refractivity contribution in [3.8, 4) is 0 Å². The highest BCUT2D eigenvalue weighted by molar-refractivity contribution is 5.87. The number of nitrogens with one attached hydrogen (secondary N) is 1. The molecule has 80 valence electrons. The first-order chi connectivity index (χ1) is 7.16. The minimum atomic E-state index is -0.877. The first-order valence-corrected chi connectivity index (χ1v) is 5.24. The zero-order valence-electron chi connectivity index (χ0n) is 8.73. The topological polar surface area (TPSA) is 49.3 Å². The second-order valence-corrected chi connectivity index (χ2v) is 4.24. The monoisotopic (exact) mass is 205 g/mol. The summed E-state index contributed by atoms with van der Waals surface area (Å²) in [5.41, 5.74) is 1.33. The summed E-state index contributed by atoms with van der Waals surface area (Å²) in [6.07, 6.45) is 1.31. The lowest BCUT2D eigenvalue weighted by atomic mass is 10.2. The van der Waals surface area contributed by atoms with Crippen molar-refractivity contribution in [1.82, 2.24) is 0 Å². The van der Waals surface area contributed by atoms with Crippen LogP contribution in [0.3, 0.4) is 0 Å². The minimum absolute atomic E-state index is 0.334. The van der Waals surface area contributed by atoms with Crippen LogP contribution < -0.4 is 5.32 Å². The summed E-state index contributed by atoms with van der Waals surface area (Å²) in [6, 6.07) is 6.88. The van der Waals surface area contributed by atoms with Gasteiger partial charge in [-0.25, -0.2) is 4.79 Å². The second-order valence-electron chi connectivity index (χ2n) is 4.24. The molecule has 2 atom stereocenters. The van der Waals surface area contributed by atoms with Gasteiger partial charge < -0.3 is 10.4 Å². The van der Waals surface area contributed by atoms with E-state index in [9.17, 15) is 4.79 Å². The molecule has 3 nitrogen and oxygen atoms in total. The maximum atomic E-state index is 10.6. The van der Waals surface area contributed by atoms with Crippen molar-refractivity contribution in [2.45, 2.75) is 13.3 Å². The number of carboxylic acid groups (broad SMARTS) is 1. The molecule has 2 unspecified atom stereocenters. The molecular formula is C12H15NO2. The summed E-state index contributed by atoms with van der Waals surface area (Å²) in [4.78, 5) is 10.6. The minimum Gasteiger partial charge on any atom is -0.478 e. The zero-order chi connectivity index (χ0) is 10.8. The molecule has 0 heterocycles. The van der Waals surface area contributed by atoms with Crippen molar-refractivity contribution >= 4 is 11.7 Å². The molecule has 0 amide bonds. The van der Waals surface area contributed by atoms with Gasteiger partial charge in [-0.05, 0) is 42.5 Å². The van der Waals surface area contributed by atoms with Gasteiger partial charge in [0.1, 0.15) is 0 Å². The fraction of sp³-hybridized carbons (Fsp3) is 0.417. The molecule has 0 aromatic heterocycles. The molecule has 15 heavy (non-hydrogen) atoms. The van der Waals surface area contributed by atoms with E-state index in [4.69, 9.17) is 5.11 Å². The fourth-order valence-electron chi connectivity index (χ4n) is 1.66. The number of aromatic carboxylic acids is 1. The molecular weight excluding hydrogens is 190 g/mol. The highest BCUT2D eigenvalue weighted by Crippen LogP contribution is 2.37. The van der Waals surface area contributed by atoms with Crippen LogP contribution in [0.4, 0.5) is 5.69 Å². The van der Waals surface area contributed by atoms with E-state index in [1.54, 1.807) is 12.1 Å². The SMILES string of the molecule is CC1CC1CNc1ccc(C(=O)O)cc1. The van der Waals surface area contributed by atoms with Gasteiger partial charge in [0, 0.05) is 12.2 Å². The van der Waals surface area contributed by atoms with Crippen LogP contribution in [0, 0.1) is 11.8 Å². The molecule has 0 saturated heterocycles. The van der Waals surface area contributed by atoms with Gasteiger partial charge in [-0.15, -0.1) is 0 Å². The number of hydrogen-bond acceptors (Lipinski definition) is 2. The summed E-state index contributed by atoms with van der Waals surface area (Å²) in [5.74, 6) is 0.761. The average Bonchev–Trinajstić information content (AvgIpc) is 2.92. The van der Waals surface area contributed by atoms with E-state index in [-0.39, 0.29) is 0 Å². The molecule has 1 aromatic rings. The van der Waals surface area contributed by atoms with E-state index < -0.39 is 5.97 Å². The number of rotatable bonds is 4. The third-order valence-electron chi connectivity index (χ3n) is 2.98. The van der Waals surface area contributed by atoms with Gasteiger partial charge in [0.2, 0.25) is 0 Å². The molecule has 1 fully saturated rings. The second kappa shape index (κ2) is 3.93. The Bertz CT molecular complexity index is 358. The lowest BCUT2D eigenvalue weighted by Crippen LogP contribution is -2.04. The summed E-state index contributed by atoms with van der Waals surface area (Å²) >= 11 is 0. The summed E-state index contributed by atoms with van der Waals surface area (Å²) in [7, 11) is 0. The predicted octanol–water partition coefficient (Wildman–Crippen LogP) is 2.45. The smallest absolute Gasteiger partial charge is 0.335 e. The van der Waals surface area contributed by atoms with Gasteiger partial charge in [0.25, 0.3) is 0 Å². The highest BCUT2D eigenvalue weighted by Gasteiger charge is 2.31. The third-order valence-corrected chi connectivity index (χ3v) is 2.98. The van der Waals surface area contributed by atoms with Crippen LogP contribution in [0.15, 0.2) is 24.3 Å². The maximum absolute atomic E-state index is 10.6. The predicted molar refractivity (Wildman–Crippen MR) is 59.2 cm³/mol. The van der Waals surface area contributed by atoms with Crippen molar-refractivity contribution in [3.63, 3.8) is 0 Å². The van der Waals surface area contributed by atoms with E-state index in [1.165, 1.54) is 6.42 Å². The summed E-state index contributed by atoms with van der Waals surface area (Å²) in [5, 5.41) is 12.0. The highest BCUT2D eigenvalue weighted by atomic mass is 16.4. The lowest BCUT2D eigenvalue weighted by Gasteiger charge is -2.05. The first kappa shape index (κ1) is 10.0. The Labute approximate surface area is 89.1 Å². The molecule has 2 N–H and O–H groups in total. The zero-order valence-corrected chi connectivity index (χ0v) is 8.73. The van der Waals surface area contributed by atoms with Crippen LogP contribution >= 0.6 is 0 Å². The number of anilines is 1. The Hall–Kier alpha value is -1.51. The average molecular weight is 205 g/mol.